The molecule has 1 aromatic heterocycles. The highest BCUT2D eigenvalue weighted by atomic mass is 15.5. The van der Waals surface area contributed by atoms with Crippen LogP contribution < -0.4 is 10.6 Å². The van der Waals surface area contributed by atoms with E-state index in [2.05, 4.69) is 38.2 Å². The number of hydrogen-bond acceptors (Lipinski definition) is 5. The topological polar surface area (TPSA) is 78.5 Å². The molecule has 2 fully saturated rings. The maximum absolute atomic E-state index is 4.07. The molecular weight excluding hydrogens is 240 g/mol. The molecule has 3 N–H and O–H groups in total. The highest BCUT2D eigenvalue weighted by Crippen LogP contribution is 2.32. The lowest BCUT2D eigenvalue weighted by Crippen LogP contribution is -2.47. The first kappa shape index (κ1) is 13.0. The summed E-state index contributed by atoms with van der Waals surface area (Å²) in [7, 11) is 0. The van der Waals surface area contributed by atoms with Crippen molar-refractivity contribution in [3.05, 3.63) is 5.82 Å². The third-order valence-corrected chi connectivity index (χ3v) is 4.65. The van der Waals surface area contributed by atoms with Crippen LogP contribution in [-0.2, 0) is 0 Å². The summed E-state index contributed by atoms with van der Waals surface area (Å²) in [6.45, 7) is 3.31. The Labute approximate surface area is 114 Å². The Kier molecular flexibility index (Phi) is 4.08. The lowest BCUT2D eigenvalue weighted by molar-refractivity contribution is 0.247. The summed E-state index contributed by atoms with van der Waals surface area (Å²) in [6.07, 6.45) is 7.99. The molecule has 19 heavy (non-hydrogen) atoms. The van der Waals surface area contributed by atoms with Gasteiger partial charge in [-0.1, -0.05) is 18.1 Å². The Morgan fingerprint density at radius 3 is 2.89 bits per heavy atom. The second kappa shape index (κ2) is 5.96. The molecule has 106 valence electrons. The number of piperidine rings is 1. The van der Waals surface area contributed by atoms with Gasteiger partial charge >= 0.3 is 0 Å². The van der Waals surface area contributed by atoms with E-state index < -0.39 is 0 Å². The maximum atomic E-state index is 4.07. The predicted octanol–water partition coefficient (Wildman–Crippen LogP) is 1.16. The van der Waals surface area contributed by atoms with Gasteiger partial charge in [0.2, 0.25) is 0 Å². The van der Waals surface area contributed by atoms with Gasteiger partial charge in [-0.05, 0) is 45.1 Å². The van der Waals surface area contributed by atoms with Gasteiger partial charge in [0.25, 0.3) is 0 Å². The zero-order valence-corrected chi connectivity index (χ0v) is 11.6. The first-order valence-corrected chi connectivity index (χ1v) is 7.57. The Morgan fingerprint density at radius 2 is 2.16 bits per heavy atom. The maximum Gasteiger partial charge on any atom is 0.191 e. The molecule has 4 atom stereocenters. The Balaban J connectivity index is 1.59. The number of aromatic amines is 1. The van der Waals surface area contributed by atoms with Crippen molar-refractivity contribution in [3.63, 3.8) is 0 Å². The van der Waals surface area contributed by atoms with E-state index in [-0.39, 0.29) is 6.04 Å². The molecule has 1 aliphatic heterocycles. The van der Waals surface area contributed by atoms with Crippen molar-refractivity contribution in [2.75, 3.05) is 6.54 Å². The fraction of sp³-hybridized carbons (Fsp3) is 0.923. The van der Waals surface area contributed by atoms with E-state index in [9.17, 15) is 0 Å². The number of rotatable bonds is 4. The van der Waals surface area contributed by atoms with Gasteiger partial charge in [-0.3, -0.25) is 0 Å². The molecule has 3 rings (SSSR count). The van der Waals surface area contributed by atoms with Crippen LogP contribution in [0.15, 0.2) is 0 Å². The van der Waals surface area contributed by atoms with Crippen LogP contribution in [0.25, 0.3) is 0 Å². The van der Waals surface area contributed by atoms with Crippen LogP contribution in [0.3, 0.4) is 0 Å². The summed E-state index contributed by atoms with van der Waals surface area (Å²) in [5.74, 6) is 1.52. The molecule has 1 saturated heterocycles. The normalized spacial score (nSPS) is 33.4. The first-order valence-electron chi connectivity index (χ1n) is 7.57. The second-order valence-corrected chi connectivity index (χ2v) is 5.92. The van der Waals surface area contributed by atoms with E-state index in [0.717, 1.165) is 11.7 Å². The van der Waals surface area contributed by atoms with Crippen LogP contribution in [-0.4, -0.2) is 39.3 Å². The molecule has 2 aliphatic rings. The predicted molar refractivity (Wildman–Crippen MR) is 72.5 cm³/mol. The molecule has 2 heterocycles. The molecule has 1 aromatic rings. The lowest BCUT2D eigenvalue weighted by Gasteiger charge is -2.34. The Bertz CT molecular complexity index is 372. The fourth-order valence-electron chi connectivity index (χ4n) is 3.67. The minimum absolute atomic E-state index is 0.174. The summed E-state index contributed by atoms with van der Waals surface area (Å²) in [5.41, 5.74) is 0. The molecule has 0 radical (unpaired) electrons. The van der Waals surface area contributed by atoms with Crippen molar-refractivity contribution >= 4 is 0 Å². The molecule has 0 spiro atoms. The summed E-state index contributed by atoms with van der Waals surface area (Å²) < 4.78 is 0. The SMILES string of the molecule is CC(NC1CCCC1C1CCCCN1)c1nn[nH]n1. The van der Waals surface area contributed by atoms with Gasteiger partial charge in [0, 0.05) is 12.1 Å². The van der Waals surface area contributed by atoms with Crippen LogP contribution in [0, 0.1) is 5.92 Å². The van der Waals surface area contributed by atoms with Gasteiger partial charge < -0.3 is 10.6 Å². The Hall–Kier alpha value is -1.01. The van der Waals surface area contributed by atoms with Crippen molar-refractivity contribution in [3.8, 4) is 0 Å². The zero-order valence-electron chi connectivity index (χ0n) is 11.6. The summed E-state index contributed by atoms with van der Waals surface area (Å²) in [5, 5.41) is 21.7. The van der Waals surface area contributed by atoms with E-state index >= 15 is 0 Å². The van der Waals surface area contributed by atoms with Crippen LogP contribution in [0.5, 0.6) is 0 Å². The average molecular weight is 264 g/mol. The average Bonchev–Trinajstić information content (AvgIpc) is 3.11. The molecule has 0 amide bonds. The fourth-order valence-corrected chi connectivity index (χ4v) is 3.67. The summed E-state index contributed by atoms with van der Waals surface area (Å²) in [4.78, 5) is 0. The summed E-state index contributed by atoms with van der Waals surface area (Å²) in [6, 6.07) is 1.46. The van der Waals surface area contributed by atoms with Gasteiger partial charge in [0.15, 0.2) is 5.82 Å². The van der Waals surface area contributed by atoms with Crippen molar-refractivity contribution in [2.24, 2.45) is 5.92 Å². The van der Waals surface area contributed by atoms with Crippen LogP contribution >= 0.6 is 0 Å². The minimum atomic E-state index is 0.174. The smallest absolute Gasteiger partial charge is 0.191 e. The van der Waals surface area contributed by atoms with Crippen LogP contribution in [0.4, 0.5) is 0 Å². The molecular formula is C13H24N6. The van der Waals surface area contributed by atoms with Gasteiger partial charge in [-0.2, -0.15) is 5.21 Å². The molecule has 4 unspecified atom stereocenters. The molecule has 0 bridgehead atoms. The largest absolute Gasteiger partial charge is 0.314 e. The van der Waals surface area contributed by atoms with Crippen molar-refractivity contribution in [1.29, 1.82) is 0 Å². The number of nitrogens with zero attached hydrogens (tertiary/aromatic N) is 3. The van der Waals surface area contributed by atoms with E-state index in [0.29, 0.717) is 12.1 Å². The quantitative estimate of drug-likeness (QED) is 0.760. The highest BCUT2D eigenvalue weighted by molar-refractivity contribution is 4.96. The zero-order chi connectivity index (χ0) is 13.1. The van der Waals surface area contributed by atoms with Crippen molar-refractivity contribution < 1.29 is 0 Å². The van der Waals surface area contributed by atoms with Gasteiger partial charge in [-0.15, -0.1) is 10.2 Å². The minimum Gasteiger partial charge on any atom is -0.314 e. The lowest BCUT2D eigenvalue weighted by atomic mass is 9.88. The molecule has 1 aliphatic carbocycles. The molecule has 6 nitrogen and oxygen atoms in total. The van der Waals surface area contributed by atoms with E-state index in [1.165, 1.54) is 45.1 Å². The number of tetrazole rings is 1. The van der Waals surface area contributed by atoms with E-state index in [1.54, 1.807) is 0 Å². The number of aromatic nitrogens is 4. The van der Waals surface area contributed by atoms with Crippen molar-refractivity contribution in [1.82, 2.24) is 31.3 Å². The first-order chi connectivity index (χ1) is 9.34. The van der Waals surface area contributed by atoms with Crippen LogP contribution in [0.2, 0.25) is 0 Å². The second-order valence-electron chi connectivity index (χ2n) is 5.92. The monoisotopic (exact) mass is 264 g/mol. The van der Waals surface area contributed by atoms with Gasteiger partial charge in [-0.25, -0.2) is 0 Å². The van der Waals surface area contributed by atoms with E-state index in [1.807, 2.05) is 0 Å². The third-order valence-electron chi connectivity index (χ3n) is 4.65. The standard InChI is InChI=1S/C13H24N6/c1-9(13-16-18-19-17-13)15-12-7-4-5-10(12)11-6-2-3-8-14-11/h9-12,14-15H,2-8H2,1H3,(H,16,17,18,19). The summed E-state index contributed by atoms with van der Waals surface area (Å²) >= 11 is 0. The van der Waals surface area contributed by atoms with Crippen molar-refractivity contribution in [2.45, 2.75) is 63.6 Å². The third kappa shape index (κ3) is 2.95. The number of H-pyrrole nitrogens is 1. The van der Waals surface area contributed by atoms with Gasteiger partial charge in [0.05, 0.1) is 6.04 Å². The number of nitrogens with one attached hydrogen (secondary N) is 3. The van der Waals surface area contributed by atoms with E-state index in [4.69, 9.17) is 0 Å². The molecule has 0 aromatic carbocycles. The Morgan fingerprint density at radius 1 is 1.21 bits per heavy atom. The highest BCUT2D eigenvalue weighted by Gasteiger charge is 2.35. The van der Waals surface area contributed by atoms with Crippen LogP contribution in [0.1, 0.15) is 57.3 Å². The van der Waals surface area contributed by atoms with Gasteiger partial charge in [0.1, 0.15) is 0 Å². The molecule has 1 saturated carbocycles. The number of hydrogen-bond donors (Lipinski definition) is 3. The molecule has 6 heteroatoms.